The van der Waals surface area contributed by atoms with E-state index in [4.69, 9.17) is 10.5 Å². The molecule has 2 N–H and O–H groups in total. The highest BCUT2D eigenvalue weighted by Crippen LogP contribution is 2.24. The summed E-state index contributed by atoms with van der Waals surface area (Å²) in [6, 6.07) is 11.3. The molecule has 1 aromatic heterocycles. The van der Waals surface area contributed by atoms with Gasteiger partial charge in [0.1, 0.15) is 12.4 Å². The number of ketones is 1. The molecule has 0 aliphatic carbocycles. The summed E-state index contributed by atoms with van der Waals surface area (Å²) >= 11 is 1.47. The second kappa shape index (κ2) is 8.96. The van der Waals surface area contributed by atoms with Crippen molar-refractivity contribution in [2.45, 2.75) is 19.3 Å². The van der Waals surface area contributed by atoms with Crippen LogP contribution >= 0.6 is 11.3 Å². The molecule has 2 aromatic rings. The van der Waals surface area contributed by atoms with Gasteiger partial charge in [-0.05, 0) is 42.0 Å². The molecule has 1 aliphatic heterocycles. The second-order valence-corrected chi connectivity index (χ2v) is 7.43. The molecule has 1 aromatic carbocycles. The fourth-order valence-corrected chi connectivity index (χ4v) is 3.99. The van der Waals surface area contributed by atoms with Crippen molar-refractivity contribution in [3.05, 3.63) is 52.2 Å². The zero-order chi connectivity index (χ0) is 18.4. The number of nitrogens with zero attached hydrogens (tertiary/aromatic N) is 1. The van der Waals surface area contributed by atoms with E-state index in [9.17, 15) is 9.59 Å². The SMILES string of the molecule is NCCOc1cccc(CC(=O)N2CCC[C@H](C(=O)c3cccs3)C2)c1. The lowest BCUT2D eigenvalue weighted by molar-refractivity contribution is -0.131. The topological polar surface area (TPSA) is 72.6 Å². The second-order valence-electron chi connectivity index (χ2n) is 6.48. The van der Waals surface area contributed by atoms with Gasteiger partial charge in [-0.2, -0.15) is 0 Å². The van der Waals surface area contributed by atoms with E-state index in [0.29, 0.717) is 26.1 Å². The molecule has 0 radical (unpaired) electrons. The molecule has 0 unspecified atom stereocenters. The number of amides is 1. The van der Waals surface area contributed by atoms with Crippen molar-refractivity contribution in [2.24, 2.45) is 11.7 Å². The van der Waals surface area contributed by atoms with Crippen LogP contribution in [0.3, 0.4) is 0 Å². The molecular formula is C20H24N2O3S. The van der Waals surface area contributed by atoms with Crippen LogP contribution in [0, 0.1) is 5.92 Å². The van der Waals surface area contributed by atoms with Gasteiger partial charge in [0.15, 0.2) is 5.78 Å². The fraction of sp³-hybridized carbons (Fsp3) is 0.400. The number of hydrogen-bond acceptors (Lipinski definition) is 5. The molecule has 138 valence electrons. The van der Waals surface area contributed by atoms with Crippen LogP contribution in [0.25, 0.3) is 0 Å². The quantitative estimate of drug-likeness (QED) is 0.759. The molecule has 6 heteroatoms. The third-order valence-electron chi connectivity index (χ3n) is 4.55. The highest BCUT2D eigenvalue weighted by Gasteiger charge is 2.29. The molecule has 3 rings (SSSR count). The number of rotatable bonds is 7. The first-order valence-corrected chi connectivity index (χ1v) is 9.82. The van der Waals surface area contributed by atoms with Crippen LogP contribution in [0.5, 0.6) is 5.75 Å². The molecule has 5 nitrogen and oxygen atoms in total. The van der Waals surface area contributed by atoms with Gasteiger partial charge in [-0.25, -0.2) is 0 Å². The van der Waals surface area contributed by atoms with Gasteiger partial charge in [0.25, 0.3) is 0 Å². The molecule has 1 aliphatic rings. The van der Waals surface area contributed by atoms with Crippen molar-refractivity contribution in [3.8, 4) is 5.75 Å². The number of Topliss-reactive ketones (excluding diaryl/α,β-unsaturated/α-hetero) is 1. The standard InChI is InChI=1S/C20H24N2O3S/c21-8-10-25-17-6-1-4-15(12-17)13-19(23)22-9-2-5-16(14-22)20(24)18-7-3-11-26-18/h1,3-4,6-7,11-12,16H,2,5,8-10,13-14,21H2/t16-/m0/s1. The smallest absolute Gasteiger partial charge is 0.227 e. The van der Waals surface area contributed by atoms with Crippen molar-refractivity contribution in [2.75, 3.05) is 26.2 Å². The molecule has 0 saturated carbocycles. The number of likely N-dealkylation sites (tertiary alicyclic amines) is 1. The van der Waals surface area contributed by atoms with Gasteiger partial charge >= 0.3 is 0 Å². The highest BCUT2D eigenvalue weighted by atomic mass is 32.1. The average Bonchev–Trinajstić information content (AvgIpc) is 3.21. The van der Waals surface area contributed by atoms with Crippen LogP contribution in [0.1, 0.15) is 28.1 Å². The maximum Gasteiger partial charge on any atom is 0.227 e. The predicted octanol–water partition coefficient (Wildman–Crippen LogP) is 2.75. The van der Waals surface area contributed by atoms with Gasteiger partial charge in [0.05, 0.1) is 11.3 Å². The largest absolute Gasteiger partial charge is 0.492 e. The molecule has 1 fully saturated rings. The van der Waals surface area contributed by atoms with Crippen LogP contribution in [-0.2, 0) is 11.2 Å². The molecule has 26 heavy (non-hydrogen) atoms. The molecule has 1 atom stereocenters. The van der Waals surface area contributed by atoms with Crippen molar-refractivity contribution in [3.63, 3.8) is 0 Å². The van der Waals surface area contributed by atoms with Gasteiger partial charge in [-0.1, -0.05) is 18.2 Å². The maximum atomic E-state index is 12.7. The zero-order valence-electron chi connectivity index (χ0n) is 14.7. The number of thiophene rings is 1. The number of nitrogens with two attached hydrogens (primary N) is 1. The number of benzene rings is 1. The number of carbonyl (C=O) groups excluding carboxylic acids is 2. The van der Waals surface area contributed by atoms with E-state index >= 15 is 0 Å². The minimum atomic E-state index is -0.0921. The summed E-state index contributed by atoms with van der Waals surface area (Å²) in [6.45, 7) is 2.14. The lowest BCUT2D eigenvalue weighted by Crippen LogP contribution is -2.42. The molecule has 0 bridgehead atoms. The number of ether oxygens (including phenoxy) is 1. The Hall–Kier alpha value is -2.18. The third kappa shape index (κ3) is 4.71. The van der Waals surface area contributed by atoms with Crippen molar-refractivity contribution < 1.29 is 14.3 Å². The first-order chi connectivity index (χ1) is 12.7. The maximum absolute atomic E-state index is 12.7. The number of carbonyl (C=O) groups is 2. The highest BCUT2D eigenvalue weighted by molar-refractivity contribution is 7.12. The number of piperidine rings is 1. The van der Waals surface area contributed by atoms with E-state index in [0.717, 1.165) is 35.6 Å². The summed E-state index contributed by atoms with van der Waals surface area (Å²) in [5.41, 5.74) is 6.37. The van der Waals surface area contributed by atoms with Gasteiger partial charge in [0, 0.05) is 25.6 Å². The number of hydrogen-bond donors (Lipinski definition) is 1. The van der Waals surface area contributed by atoms with Gasteiger partial charge in [-0.15, -0.1) is 11.3 Å². The summed E-state index contributed by atoms with van der Waals surface area (Å²) in [5, 5.41) is 1.92. The Balaban J connectivity index is 1.60. The summed E-state index contributed by atoms with van der Waals surface area (Å²) < 4.78 is 5.52. The minimum Gasteiger partial charge on any atom is -0.492 e. The summed E-state index contributed by atoms with van der Waals surface area (Å²) in [4.78, 5) is 27.9. The Bertz CT molecular complexity index is 745. The third-order valence-corrected chi connectivity index (χ3v) is 5.43. The Morgan fingerprint density at radius 3 is 2.92 bits per heavy atom. The fourth-order valence-electron chi connectivity index (χ4n) is 3.25. The van der Waals surface area contributed by atoms with Crippen molar-refractivity contribution in [1.82, 2.24) is 4.90 Å². The van der Waals surface area contributed by atoms with E-state index in [-0.39, 0.29) is 17.6 Å². The van der Waals surface area contributed by atoms with Crippen LogP contribution in [0.4, 0.5) is 0 Å². The molecule has 2 heterocycles. The monoisotopic (exact) mass is 372 g/mol. The van der Waals surface area contributed by atoms with Crippen LogP contribution in [0.15, 0.2) is 41.8 Å². The Morgan fingerprint density at radius 1 is 1.27 bits per heavy atom. The lowest BCUT2D eigenvalue weighted by atomic mass is 9.92. The van der Waals surface area contributed by atoms with E-state index in [1.807, 2.05) is 46.7 Å². The van der Waals surface area contributed by atoms with E-state index in [1.165, 1.54) is 11.3 Å². The van der Waals surface area contributed by atoms with Crippen molar-refractivity contribution >= 4 is 23.0 Å². The van der Waals surface area contributed by atoms with Crippen LogP contribution in [0.2, 0.25) is 0 Å². The summed E-state index contributed by atoms with van der Waals surface area (Å²) in [5.74, 6) is 0.857. The van der Waals surface area contributed by atoms with Crippen LogP contribution < -0.4 is 10.5 Å². The normalized spacial score (nSPS) is 17.1. The zero-order valence-corrected chi connectivity index (χ0v) is 15.5. The molecule has 1 saturated heterocycles. The first-order valence-electron chi connectivity index (χ1n) is 8.94. The van der Waals surface area contributed by atoms with Crippen LogP contribution in [-0.4, -0.2) is 42.8 Å². The van der Waals surface area contributed by atoms with E-state index in [1.54, 1.807) is 0 Å². The Kier molecular flexibility index (Phi) is 6.41. The van der Waals surface area contributed by atoms with Crippen molar-refractivity contribution in [1.29, 1.82) is 0 Å². The molecular weight excluding hydrogens is 348 g/mol. The molecule has 0 spiro atoms. The Morgan fingerprint density at radius 2 is 2.15 bits per heavy atom. The van der Waals surface area contributed by atoms with Gasteiger partial charge in [-0.3, -0.25) is 9.59 Å². The minimum absolute atomic E-state index is 0.0599. The van der Waals surface area contributed by atoms with Gasteiger partial charge in [0.2, 0.25) is 5.91 Å². The molecule has 1 amide bonds. The summed E-state index contributed by atoms with van der Waals surface area (Å²) in [6.07, 6.45) is 2.04. The lowest BCUT2D eigenvalue weighted by Gasteiger charge is -2.32. The average molecular weight is 372 g/mol. The predicted molar refractivity (Wildman–Crippen MR) is 103 cm³/mol. The Labute approximate surface area is 157 Å². The van der Waals surface area contributed by atoms with E-state index < -0.39 is 0 Å². The van der Waals surface area contributed by atoms with E-state index in [2.05, 4.69) is 0 Å². The summed E-state index contributed by atoms with van der Waals surface area (Å²) in [7, 11) is 0. The van der Waals surface area contributed by atoms with Gasteiger partial charge < -0.3 is 15.4 Å². The first kappa shape index (κ1) is 18.6.